The Bertz CT molecular complexity index is 226. The van der Waals surface area contributed by atoms with Crippen molar-refractivity contribution in [3.05, 3.63) is 0 Å². The van der Waals surface area contributed by atoms with Crippen LogP contribution in [0.1, 0.15) is 44.9 Å². The Morgan fingerprint density at radius 3 is 2.44 bits per heavy atom. The van der Waals surface area contributed by atoms with Gasteiger partial charge >= 0.3 is 0 Å². The van der Waals surface area contributed by atoms with Gasteiger partial charge in [0.15, 0.2) is 0 Å². The molecule has 3 heteroatoms. The van der Waals surface area contributed by atoms with Crippen molar-refractivity contribution in [3.8, 4) is 0 Å². The molecule has 0 radical (unpaired) electrons. The molecule has 3 atom stereocenters. The van der Waals surface area contributed by atoms with Crippen molar-refractivity contribution in [2.75, 3.05) is 12.3 Å². The number of nitrogens with zero attached hydrogens (tertiary/aromatic N) is 1. The molecule has 0 aliphatic carbocycles. The molecule has 2 nitrogen and oxygen atoms in total. The first-order valence-corrected chi connectivity index (χ1v) is 8.01. The highest BCUT2D eigenvalue weighted by molar-refractivity contribution is 8.00. The topological polar surface area (TPSA) is 29.3 Å². The third kappa shape index (κ3) is 2.27. The van der Waals surface area contributed by atoms with Crippen LogP contribution in [0.2, 0.25) is 0 Å². The maximum atomic E-state index is 6.16. The molecule has 3 aliphatic heterocycles. The molecule has 3 fully saturated rings. The molecule has 3 saturated heterocycles. The van der Waals surface area contributed by atoms with Gasteiger partial charge in [-0.15, -0.1) is 0 Å². The van der Waals surface area contributed by atoms with Crippen molar-refractivity contribution in [1.82, 2.24) is 4.90 Å². The van der Waals surface area contributed by atoms with Crippen molar-refractivity contribution in [2.45, 2.75) is 68.3 Å². The van der Waals surface area contributed by atoms with Crippen LogP contribution in [0.4, 0.5) is 0 Å². The summed E-state index contributed by atoms with van der Waals surface area (Å²) in [5.41, 5.74) is 6.16. The molecule has 0 aromatic rings. The van der Waals surface area contributed by atoms with E-state index in [1.807, 2.05) is 0 Å². The molecule has 0 amide bonds. The number of hydrogen-bond donors (Lipinski definition) is 1. The van der Waals surface area contributed by atoms with Gasteiger partial charge in [-0.3, -0.25) is 4.90 Å². The van der Waals surface area contributed by atoms with Crippen LogP contribution < -0.4 is 5.73 Å². The summed E-state index contributed by atoms with van der Waals surface area (Å²) >= 11 is 2.20. The third-order valence-electron chi connectivity index (χ3n) is 4.60. The molecule has 92 valence electrons. The Kier molecular flexibility index (Phi) is 3.46. The third-order valence-corrected chi connectivity index (χ3v) is 5.98. The van der Waals surface area contributed by atoms with Gasteiger partial charge in [0.2, 0.25) is 0 Å². The molecular formula is C13H24N2S. The molecule has 3 aliphatic rings. The Morgan fingerprint density at radius 2 is 1.81 bits per heavy atom. The van der Waals surface area contributed by atoms with Gasteiger partial charge in [0.1, 0.15) is 0 Å². The van der Waals surface area contributed by atoms with Crippen LogP contribution in [0.25, 0.3) is 0 Å². The number of nitrogens with two attached hydrogens (primary N) is 1. The van der Waals surface area contributed by atoms with E-state index in [1.54, 1.807) is 0 Å². The highest BCUT2D eigenvalue weighted by Crippen LogP contribution is 2.36. The Morgan fingerprint density at radius 1 is 1.06 bits per heavy atom. The fourth-order valence-electron chi connectivity index (χ4n) is 3.84. The lowest BCUT2D eigenvalue weighted by Gasteiger charge is -2.49. The normalized spacial score (nSPS) is 44.8. The SMILES string of the molecule is NC1CC2CCCC(C1)N2CC1CCCS1. The van der Waals surface area contributed by atoms with Crippen LogP contribution in [0, 0.1) is 0 Å². The molecule has 3 rings (SSSR count). The maximum absolute atomic E-state index is 6.16. The van der Waals surface area contributed by atoms with Crippen molar-refractivity contribution in [1.29, 1.82) is 0 Å². The van der Waals surface area contributed by atoms with Crippen LogP contribution in [-0.2, 0) is 0 Å². The molecule has 0 aromatic carbocycles. The van der Waals surface area contributed by atoms with Gasteiger partial charge in [-0.2, -0.15) is 11.8 Å². The highest BCUT2D eigenvalue weighted by Gasteiger charge is 2.38. The Labute approximate surface area is 103 Å². The van der Waals surface area contributed by atoms with E-state index in [-0.39, 0.29) is 0 Å². The van der Waals surface area contributed by atoms with Crippen molar-refractivity contribution >= 4 is 11.8 Å². The predicted octanol–water partition coefficient (Wildman–Crippen LogP) is 2.23. The van der Waals surface area contributed by atoms with E-state index in [2.05, 4.69) is 16.7 Å². The van der Waals surface area contributed by atoms with Gasteiger partial charge in [-0.1, -0.05) is 6.42 Å². The zero-order valence-corrected chi connectivity index (χ0v) is 10.9. The van der Waals surface area contributed by atoms with E-state index < -0.39 is 0 Å². The second kappa shape index (κ2) is 4.87. The molecule has 2 N–H and O–H groups in total. The summed E-state index contributed by atoms with van der Waals surface area (Å²) < 4.78 is 0. The highest BCUT2D eigenvalue weighted by atomic mass is 32.2. The summed E-state index contributed by atoms with van der Waals surface area (Å²) in [6.45, 7) is 1.35. The average molecular weight is 240 g/mol. The maximum Gasteiger partial charge on any atom is 0.0175 e. The van der Waals surface area contributed by atoms with E-state index >= 15 is 0 Å². The lowest BCUT2D eigenvalue weighted by Crippen LogP contribution is -2.56. The lowest BCUT2D eigenvalue weighted by molar-refractivity contribution is 0.0321. The summed E-state index contributed by atoms with van der Waals surface area (Å²) in [5.74, 6) is 1.40. The van der Waals surface area contributed by atoms with Gasteiger partial charge < -0.3 is 5.73 Å². The van der Waals surface area contributed by atoms with Crippen LogP contribution in [0.15, 0.2) is 0 Å². The monoisotopic (exact) mass is 240 g/mol. The standard InChI is InChI=1S/C13H24N2S/c14-10-7-11-3-1-4-12(8-10)15(11)9-13-5-2-6-16-13/h10-13H,1-9,14H2. The van der Waals surface area contributed by atoms with Crippen LogP contribution in [0.3, 0.4) is 0 Å². The number of hydrogen-bond acceptors (Lipinski definition) is 3. The minimum atomic E-state index is 0.489. The molecule has 3 heterocycles. The van der Waals surface area contributed by atoms with Crippen LogP contribution >= 0.6 is 11.8 Å². The summed E-state index contributed by atoms with van der Waals surface area (Å²) in [7, 11) is 0. The molecule has 0 saturated carbocycles. The average Bonchev–Trinajstić information content (AvgIpc) is 2.72. The smallest absolute Gasteiger partial charge is 0.0175 e. The molecular weight excluding hydrogens is 216 g/mol. The fourth-order valence-corrected chi connectivity index (χ4v) is 5.12. The Balaban J connectivity index is 1.64. The summed E-state index contributed by atoms with van der Waals surface area (Å²) in [6.07, 6.45) is 9.66. The predicted molar refractivity (Wildman–Crippen MR) is 70.8 cm³/mol. The second-order valence-electron chi connectivity index (χ2n) is 5.80. The molecule has 0 spiro atoms. The quantitative estimate of drug-likeness (QED) is 0.802. The van der Waals surface area contributed by atoms with Crippen LogP contribution in [-0.4, -0.2) is 40.6 Å². The van der Waals surface area contributed by atoms with E-state index in [0.717, 1.165) is 17.3 Å². The lowest BCUT2D eigenvalue weighted by atomic mass is 9.82. The van der Waals surface area contributed by atoms with Crippen LogP contribution in [0.5, 0.6) is 0 Å². The van der Waals surface area contributed by atoms with Crippen molar-refractivity contribution < 1.29 is 0 Å². The van der Waals surface area contributed by atoms with Gasteiger partial charge in [0.05, 0.1) is 0 Å². The molecule has 2 bridgehead atoms. The first-order valence-electron chi connectivity index (χ1n) is 6.96. The summed E-state index contributed by atoms with van der Waals surface area (Å²) in [4.78, 5) is 2.83. The summed E-state index contributed by atoms with van der Waals surface area (Å²) in [5, 5.41) is 0.928. The minimum absolute atomic E-state index is 0.489. The minimum Gasteiger partial charge on any atom is -0.328 e. The van der Waals surface area contributed by atoms with Crippen molar-refractivity contribution in [2.24, 2.45) is 5.73 Å². The zero-order chi connectivity index (χ0) is 11.0. The number of thioether (sulfide) groups is 1. The first kappa shape index (κ1) is 11.4. The number of rotatable bonds is 2. The van der Waals surface area contributed by atoms with Gasteiger partial charge in [-0.25, -0.2) is 0 Å². The van der Waals surface area contributed by atoms with E-state index in [4.69, 9.17) is 5.73 Å². The zero-order valence-electron chi connectivity index (χ0n) is 10.1. The number of piperidine rings is 2. The van der Waals surface area contributed by atoms with Gasteiger partial charge in [0.25, 0.3) is 0 Å². The largest absolute Gasteiger partial charge is 0.328 e. The van der Waals surface area contributed by atoms with Crippen molar-refractivity contribution in [3.63, 3.8) is 0 Å². The number of fused-ring (bicyclic) bond motifs is 2. The molecule has 3 unspecified atom stereocenters. The van der Waals surface area contributed by atoms with Gasteiger partial charge in [0, 0.05) is 29.9 Å². The first-order chi connectivity index (χ1) is 7.83. The molecule has 0 aromatic heterocycles. The fraction of sp³-hybridized carbons (Fsp3) is 1.00. The van der Waals surface area contributed by atoms with E-state index in [9.17, 15) is 0 Å². The van der Waals surface area contributed by atoms with E-state index in [0.29, 0.717) is 6.04 Å². The Hall–Kier alpha value is 0.270. The summed E-state index contributed by atoms with van der Waals surface area (Å²) in [6, 6.07) is 2.13. The van der Waals surface area contributed by atoms with Gasteiger partial charge in [-0.05, 0) is 44.3 Å². The second-order valence-corrected chi connectivity index (χ2v) is 7.21. The van der Waals surface area contributed by atoms with E-state index in [1.165, 1.54) is 57.2 Å². The molecule has 16 heavy (non-hydrogen) atoms.